The molecule has 1 aromatic rings. The summed E-state index contributed by atoms with van der Waals surface area (Å²) in [5.41, 5.74) is 0. The Balaban J connectivity index is 1.37. The van der Waals surface area contributed by atoms with Crippen LogP contribution in [0.25, 0.3) is 0 Å². The van der Waals surface area contributed by atoms with Crippen LogP contribution in [0.1, 0.15) is 57.8 Å². The topological polar surface area (TPSA) is 64.1 Å². The van der Waals surface area contributed by atoms with Crippen LogP contribution >= 0.6 is 11.6 Å². The Labute approximate surface area is 142 Å². The number of nitrogens with one attached hydrogen (secondary N) is 1. The summed E-state index contributed by atoms with van der Waals surface area (Å²) in [6.45, 7) is 0. The third-order valence-corrected chi connectivity index (χ3v) is 5.05. The van der Waals surface area contributed by atoms with Crippen molar-refractivity contribution in [2.24, 2.45) is 5.92 Å². The Morgan fingerprint density at radius 2 is 1.78 bits per heavy atom. The number of hydrogen-bond acceptors (Lipinski definition) is 4. The van der Waals surface area contributed by atoms with E-state index in [1.165, 1.54) is 25.7 Å². The van der Waals surface area contributed by atoms with Gasteiger partial charge in [-0.05, 0) is 44.4 Å². The molecule has 126 valence electrons. The van der Waals surface area contributed by atoms with Crippen molar-refractivity contribution in [2.75, 3.05) is 0 Å². The summed E-state index contributed by atoms with van der Waals surface area (Å²) < 4.78 is 5.78. The lowest BCUT2D eigenvalue weighted by Gasteiger charge is -2.29. The minimum atomic E-state index is 0.124. The average molecular weight is 338 g/mol. The van der Waals surface area contributed by atoms with E-state index in [4.69, 9.17) is 16.3 Å². The maximum Gasteiger partial charge on any atom is 0.316 e. The minimum absolute atomic E-state index is 0.124. The van der Waals surface area contributed by atoms with Crippen LogP contribution in [-0.4, -0.2) is 28.0 Å². The smallest absolute Gasteiger partial charge is 0.316 e. The van der Waals surface area contributed by atoms with E-state index in [0.717, 1.165) is 25.7 Å². The van der Waals surface area contributed by atoms with Gasteiger partial charge in [-0.15, -0.1) is 0 Å². The second kappa shape index (κ2) is 7.95. The molecular formula is C17H24ClN3O2. The minimum Gasteiger partial charge on any atom is -0.460 e. The molecule has 1 heterocycles. The predicted molar refractivity (Wildman–Crippen MR) is 88.4 cm³/mol. The van der Waals surface area contributed by atoms with Crippen LogP contribution in [0.15, 0.2) is 12.4 Å². The second-order valence-electron chi connectivity index (χ2n) is 6.70. The normalized spacial score (nSPS) is 25.3. The molecule has 0 bridgehead atoms. The summed E-state index contributed by atoms with van der Waals surface area (Å²) in [7, 11) is 0. The molecule has 0 aliphatic heterocycles. The number of ether oxygens (including phenoxy) is 1. The molecule has 2 saturated carbocycles. The fraction of sp³-hybridized carbons (Fsp3) is 0.706. The van der Waals surface area contributed by atoms with E-state index in [1.54, 1.807) is 12.4 Å². The Morgan fingerprint density at radius 3 is 2.43 bits per heavy atom. The molecule has 6 heteroatoms. The van der Waals surface area contributed by atoms with Gasteiger partial charge in [0.15, 0.2) is 0 Å². The number of carbonyl (C=O) groups excluding carboxylic acids is 1. The van der Waals surface area contributed by atoms with Crippen LogP contribution < -0.4 is 10.1 Å². The lowest BCUT2D eigenvalue weighted by Crippen LogP contribution is -2.40. The fourth-order valence-electron chi connectivity index (χ4n) is 3.60. The maximum atomic E-state index is 12.1. The summed E-state index contributed by atoms with van der Waals surface area (Å²) >= 11 is 5.76. The van der Waals surface area contributed by atoms with Crippen LogP contribution in [0, 0.1) is 5.92 Å². The quantitative estimate of drug-likeness (QED) is 0.892. The summed E-state index contributed by atoms with van der Waals surface area (Å²) in [5.74, 6) is 0.832. The Bertz CT molecular complexity index is 509. The highest BCUT2D eigenvalue weighted by Crippen LogP contribution is 2.28. The van der Waals surface area contributed by atoms with E-state index < -0.39 is 0 Å². The van der Waals surface area contributed by atoms with E-state index in [-0.39, 0.29) is 18.1 Å². The summed E-state index contributed by atoms with van der Waals surface area (Å²) in [4.78, 5) is 20.2. The first-order valence-corrected chi connectivity index (χ1v) is 9.00. The van der Waals surface area contributed by atoms with Gasteiger partial charge in [-0.2, -0.15) is 0 Å². The average Bonchev–Trinajstić information content (AvgIpc) is 3.04. The highest BCUT2D eigenvalue weighted by Gasteiger charge is 2.25. The summed E-state index contributed by atoms with van der Waals surface area (Å²) in [6.07, 6.45) is 12.7. The molecule has 1 N–H and O–H groups in total. The number of carbonyl (C=O) groups is 1. The van der Waals surface area contributed by atoms with Gasteiger partial charge in [-0.25, -0.2) is 9.97 Å². The number of nitrogens with zero attached hydrogens (tertiary/aromatic N) is 2. The third kappa shape index (κ3) is 5.06. The highest BCUT2D eigenvalue weighted by atomic mass is 35.5. The molecule has 2 fully saturated rings. The van der Waals surface area contributed by atoms with Gasteiger partial charge in [0.2, 0.25) is 5.91 Å². The first-order chi connectivity index (χ1) is 11.2. The zero-order valence-electron chi connectivity index (χ0n) is 13.3. The van der Waals surface area contributed by atoms with Gasteiger partial charge in [0.05, 0.1) is 17.4 Å². The van der Waals surface area contributed by atoms with E-state index in [1.807, 2.05) is 0 Å². The van der Waals surface area contributed by atoms with Gasteiger partial charge in [-0.3, -0.25) is 4.79 Å². The van der Waals surface area contributed by atoms with Gasteiger partial charge < -0.3 is 10.1 Å². The Hall–Kier alpha value is -1.36. The lowest BCUT2D eigenvalue weighted by molar-refractivity contribution is -0.123. The molecule has 0 saturated heterocycles. The van der Waals surface area contributed by atoms with Crippen molar-refractivity contribution >= 4 is 17.5 Å². The van der Waals surface area contributed by atoms with Gasteiger partial charge in [0.1, 0.15) is 6.10 Å². The first kappa shape index (κ1) is 16.5. The molecule has 5 nitrogen and oxygen atoms in total. The molecule has 0 atom stereocenters. The number of rotatable bonds is 5. The molecule has 1 amide bonds. The lowest BCUT2D eigenvalue weighted by atomic mass is 9.92. The van der Waals surface area contributed by atoms with Crippen molar-refractivity contribution < 1.29 is 9.53 Å². The second-order valence-corrected chi connectivity index (χ2v) is 7.13. The van der Waals surface area contributed by atoms with Crippen LogP contribution in [0.3, 0.4) is 0 Å². The summed E-state index contributed by atoms with van der Waals surface area (Å²) in [6, 6.07) is 0.665. The maximum absolute atomic E-state index is 12.1. The molecule has 1 aromatic heterocycles. The molecule has 3 rings (SSSR count). The van der Waals surface area contributed by atoms with Crippen molar-refractivity contribution in [3.63, 3.8) is 0 Å². The molecule has 0 radical (unpaired) electrons. The predicted octanol–water partition coefficient (Wildman–Crippen LogP) is 3.52. The van der Waals surface area contributed by atoms with Crippen molar-refractivity contribution in [3.05, 3.63) is 17.4 Å². The van der Waals surface area contributed by atoms with Crippen molar-refractivity contribution in [1.29, 1.82) is 0 Å². The number of hydrogen-bond donors (Lipinski definition) is 1. The van der Waals surface area contributed by atoms with Crippen molar-refractivity contribution in [1.82, 2.24) is 15.3 Å². The van der Waals surface area contributed by atoms with Gasteiger partial charge in [0, 0.05) is 12.5 Å². The zero-order chi connectivity index (χ0) is 16.1. The molecule has 0 unspecified atom stereocenters. The Morgan fingerprint density at radius 1 is 1.13 bits per heavy atom. The van der Waals surface area contributed by atoms with Gasteiger partial charge in [0.25, 0.3) is 0 Å². The SMILES string of the molecule is O=C(CC1CCCC1)NC1CCC(Oc2ncc(Cl)cn2)CC1. The van der Waals surface area contributed by atoms with Crippen LogP contribution in [0.5, 0.6) is 6.01 Å². The number of amides is 1. The Kier molecular flexibility index (Phi) is 5.70. The third-order valence-electron chi connectivity index (χ3n) is 4.86. The van der Waals surface area contributed by atoms with E-state index in [9.17, 15) is 4.79 Å². The molecule has 0 aromatic carbocycles. The fourth-order valence-corrected chi connectivity index (χ4v) is 3.70. The molecule has 0 spiro atoms. The largest absolute Gasteiger partial charge is 0.460 e. The van der Waals surface area contributed by atoms with Crippen LogP contribution in [-0.2, 0) is 4.79 Å². The van der Waals surface area contributed by atoms with E-state index in [0.29, 0.717) is 23.4 Å². The van der Waals surface area contributed by atoms with Crippen molar-refractivity contribution in [2.45, 2.75) is 69.9 Å². The standard InChI is InChI=1S/C17H24ClN3O2/c18-13-10-19-17(20-11-13)23-15-7-5-14(6-8-15)21-16(22)9-12-3-1-2-4-12/h10-12,14-15H,1-9H2,(H,21,22). The van der Waals surface area contributed by atoms with Crippen LogP contribution in [0.4, 0.5) is 0 Å². The van der Waals surface area contributed by atoms with Gasteiger partial charge in [-0.1, -0.05) is 24.4 Å². The molecular weight excluding hydrogens is 314 g/mol. The molecule has 2 aliphatic carbocycles. The monoisotopic (exact) mass is 337 g/mol. The van der Waals surface area contributed by atoms with Crippen LogP contribution in [0.2, 0.25) is 5.02 Å². The van der Waals surface area contributed by atoms with Crippen molar-refractivity contribution in [3.8, 4) is 6.01 Å². The van der Waals surface area contributed by atoms with E-state index >= 15 is 0 Å². The highest BCUT2D eigenvalue weighted by molar-refractivity contribution is 6.30. The molecule has 23 heavy (non-hydrogen) atoms. The number of halogens is 1. The number of aromatic nitrogens is 2. The molecule has 2 aliphatic rings. The summed E-state index contributed by atoms with van der Waals surface area (Å²) in [5, 5.41) is 3.70. The zero-order valence-corrected chi connectivity index (χ0v) is 14.1. The van der Waals surface area contributed by atoms with Gasteiger partial charge >= 0.3 is 6.01 Å². The van der Waals surface area contributed by atoms with E-state index in [2.05, 4.69) is 15.3 Å². The first-order valence-electron chi connectivity index (χ1n) is 8.62.